The van der Waals surface area contributed by atoms with E-state index in [-0.39, 0.29) is 0 Å². The Labute approximate surface area is 136 Å². The molecule has 4 unspecified atom stereocenters. The summed E-state index contributed by atoms with van der Waals surface area (Å²) in [5, 5.41) is 0. The Morgan fingerprint density at radius 3 is 2.50 bits per heavy atom. The summed E-state index contributed by atoms with van der Waals surface area (Å²) in [7, 11) is 0. The maximum absolute atomic E-state index is 2.49. The molecule has 0 heteroatoms. The van der Waals surface area contributed by atoms with Crippen LogP contribution in [0.25, 0.3) is 0 Å². The summed E-state index contributed by atoms with van der Waals surface area (Å²) in [5.41, 5.74) is 1.57. The molecule has 22 heavy (non-hydrogen) atoms. The Balaban J connectivity index is 1.67. The molecule has 0 saturated heterocycles. The van der Waals surface area contributed by atoms with Gasteiger partial charge in [-0.25, -0.2) is 0 Å². The van der Waals surface area contributed by atoms with E-state index < -0.39 is 0 Å². The average Bonchev–Trinajstić information content (AvgIpc) is 2.94. The number of allylic oxidation sites excluding steroid dienone is 4. The van der Waals surface area contributed by atoms with Crippen LogP contribution >= 0.6 is 0 Å². The molecule has 1 aromatic rings. The van der Waals surface area contributed by atoms with Gasteiger partial charge in [-0.3, -0.25) is 0 Å². The van der Waals surface area contributed by atoms with E-state index >= 15 is 0 Å². The first kappa shape index (κ1) is 15.6. The monoisotopic (exact) mass is 294 g/mol. The van der Waals surface area contributed by atoms with Gasteiger partial charge in [0.1, 0.15) is 0 Å². The second kappa shape index (κ2) is 7.81. The minimum Gasteiger partial charge on any atom is -0.0808 e. The molecule has 0 spiro atoms. The lowest BCUT2D eigenvalue weighted by molar-refractivity contribution is 0.354. The molecule has 118 valence electrons. The zero-order chi connectivity index (χ0) is 15.2. The minimum absolute atomic E-state index is 0.759. The quantitative estimate of drug-likeness (QED) is 0.503. The third-order valence-corrected chi connectivity index (χ3v) is 5.70. The first-order chi connectivity index (χ1) is 10.9. The fourth-order valence-electron chi connectivity index (χ4n) is 4.56. The minimum atomic E-state index is 0.759. The van der Waals surface area contributed by atoms with Crippen molar-refractivity contribution in [2.45, 2.75) is 57.8 Å². The van der Waals surface area contributed by atoms with E-state index in [9.17, 15) is 0 Å². The largest absolute Gasteiger partial charge is 0.0808 e. The Morgan fingerprint density at radius 2 is 1.68 bits per heavy atom. The normalized spacial score (nSPS) is 29.7. The fourth-order valence-corrected chi connectivity index (χ4v) is 4.56. The zero-order valence-electron chi connectivity index (χ0n) is 14.0. The van der Waals surface area contributed by atoms with Gasteiger partial charge >= 0.3 is 0 Å². The van der Waals surface area contributed by atoms with Crippen molar-refractivity contribution < 1.29 is 0 Å². The van der Waals surface area contributed by atoms with Crippen molar-refractivity contribution in [2.75, 3.05) is 0 Å². The molecule has 1 fully saturated rings. The molecule has 0 amide bonds. The van der Waals surface area contributed by atoms with E-state index in [4.69, 9.17) is 0 Å². The number of unbranched alkanes of at least 4 members (excludes halogenated alkanes) is 4. The van der Waals surface area contributed by atoms with Crippen LogP contribution in [0.3, 0.4) is 0 Å². The average molecular weight is 294 g/mol. The van der Waals surface area contributed by atoms with Gasteiger partial charge in [0.05, 0.1) is 0 Å². The van der Waals surface area contributed by atoms with Crippen molar-refractivity contribution in [3.05, 3.63) is 60.2 Å². The molecule has 0 radical (unpaired) electrons. The van der Waals surface area contributed by atoms with E-state index in [0.717, 1.165) is 23.7 Å². The van der Waals surface area contributed by atoms with E-state index in [0.29, 0.717) is 0 Å². The number of hydrogen-bond acceptors (Lipinski definition) is 0. The van der Waals surface area contributed by atoms with Gasteiger partial charge in [0.2, 0.25) is 0 Å². The third kappa shape index (κ3) is 3.54. The maximum Gasteiger partial charge on any atom is -0.0122 e. The molecule has 0 N–H and O–H groups in total. The Morgan fingerprint density at radius 1 is 0.909 bits per heavy atom. The van der Waals surface area contributed by atoms with Crippen LogP contribution in [-0.4, -0.2) is 0 Å². The highest BCUT2D eigenvalue weighted by molar-refractivity contribution is 5.27. The molecular weight excluding hydrogens is 264 g/mol. The van der Waals surface area contributed by atoms with Crippen LogP contribution in [0.2, 0.25) is 0 Å². The summed E-state index contributed by atoms with van der Waals surface area (Å²) in [6.45, 7) is 2.30. The smallest absolute Gasteiger partial charge is 0.0122 e. The highest BCUT2D eigenvalue weighted by atomic mass is 14.4. The maximum atomic E-state index is 2.49. The first-order valence-corrected chi connectivity index (χ1v) is 9.30. The van der Waals surface area contributed by atoms with Crippen LogP contribution in [0.4, 0.5) is 0 Å². The molecular formula is C22H30. The van der Waals surface area contributed by atoms with Crippen molar-refractivity contribution >= 4 is 0 Å². The molecule has 4 atom stereocenters. The molecule has 1 aromatic carbocycles. The van der Waals surface area contributed by atoms with Crippen LogP contribution < -0.4 is 0 Å². The third-order valence-electron chi connectivity index (χ3n) is 5.70. The summed E-state index contributed by atoms with van der Waals surface area (Å²) >= 11 is 0. The summed E-state index contributed by atoms with van der Waals surface area (Å²) in [5.74, 6) is 3.15. The Kier molecular flexibility index (Phi) is 5.53. The molecule has 3 rings (SSSR count). The molecule has 0 heterocycles. The lowest BCUT2D eigenvalue weighted by atomic mass is 9.79. The molecule has 0 aromatic heterocycles. The predicted octanol–water partition coefficient (Wildman–Crippen LogP) is 6.51. The van der Waals surface area contributed by atoms with Gasteiger partial charge in [-0.2, -0.15) is 0 Å². The van der Waals surface area contributed by atoms with Crippen LogP contribution in [0, 0.1) is 17.8 Å². The molecule has 0 aliphatic heterocycles. The number of rotatable bonds is 7. The molecule has 0 bridgehead atoms. The van der Waals surface area contributed by atoms with Crippen molar-refractivity contribution in [1.29, 1.82) is 0 Å². The van der Waals surface area contributed by atoms with Gasteiger partial charge < -0.3 is 0 Å². The van der Waals surface area contributed by atoms with E-state index in [1.807, 2.05) is 0 Å². The van der Waals surface area contributed by atoms with Gasteiger partial charge in [0.15, 0.2) is 0 Å². The topological polar surface area (TPSA) is 0 Å². The standard InChI is InChI=1S/C22H30/c1-2-3-4-5-9-16-21-20-15-11-10-14-19(20)17-22(21)18-12-7-6-8-13-18/h6-8,10-15,19-22H,2-5,9,16-17H2,1H3. The van der Waals surface area contributed by atoms with Crippen LogP contribution in [0.1, 0.15) is 63.4 Å². The molecule has 1 saturated carbocycles. The second-order valence-corrected chi connectivity index (χ2v) is 7.13. The first-order valence-electron chi connectivity index (χ1n) is 9.30. The van der Waals surface area contributed by atoms with Crippen LogP contribution in [0.5, 0.6) is 0 Å². The predicted molar refractivity (Wildman–Crippen MR) is 95.9 cm³/mol. The molecule has 0 nitrogen and oxygen atoms in total. The summed E-state index contributed by atoms with van der Waals surface area (Å²) in [6, 6.07) is 11.3. The van der Waals surface area contributed by atoms with Gasteiger partial charge in [0, 0.05) is 0 Å². The number of benzene rings is 1. The summed E-state index contributed by atoms with van der Waals surface area (Å²) < 4.78 is 0. The van der Waals surface area contributed by atoms with Gasteiger partial charge in [-0.1, -0.05) is 93.7 Å². The van der Waals surface area contributed by atoms with Gasteiger partial charge in [-0.05, 0) is 42.1 Å². The number of hydrogen-bond donors (Lipinski definition) is 0. The fraction of sp³-hybridized carbons (Fsp3) is 0.545. The van der Waals surface area contributed by atoms with E-state index in [1.165, 1.54) is 44.9 Å². The van der Waals surface area contributed by atoms with Crippen molar-refractivity contribution in [3.63, 3.8) is 0 Å². The van der Waals surface area contributed by atoms with Gasteiger partial charge in [-0.15, -0.1) is 0 Å². The Bertz CT molecular complexity index is 496. The lowest BCUT2D eigenvalue weighted by Gasteiger charge is -2.25. The summed E-state index contributed by atoms with van der Waals surface area (Å²) in [6.07, 6.45) is 19.2. The second-order valence-electron chi connectivity index (χ2n) is 7.13. The lowest BCUT2D eigenvalue weighted by Crippen LogP contribution is -2.16. The highest BCUT2D eigenvalue weighted by Crippen LogP contribution is 2.51. The van der Waals surface area contributed by atoms with E-state index in [2.05, 4.69) is 61.6 Å². The Hall–Kier alpha value is -1.30. The van der Waals surface area contributed by atoms with Crippen LogP contribution in [-0.2, 0) is 0 Å². The van der Waals surface area contributed by atoms with Crippen LogP contribution in [0.15, 0.2) is 54.6 Å². The van der Waals surface area contributed by atoms with Crippen molar-refractivity contribution in [1.82, 2.24) is 0 Å². The number of fused-ring (bicyclic) bond motifs is 1. The van der Waals surface area contributed by atoms with E-state index in [1.54, 1.807) is 5.56 Å². The summed E-state index contributed by atoms with van der Waals surface area (Å²) in [4.78, 5) is 0. The van der Waals surface area contributed by atoms with Crippen molar-refractivity contribution in [3.8, 4) is 0 Å². The van der Waals surface area contributed by atoms with Crippen molar-refractivity contribution in [2.24, 2.45) is 17.8 Å². The highest BCUT2D eigenvalue weighted by Gasteiger charge is 2.41. The zero-order valence-corrected chi connectivity index (χ0v) is 14.0. The molecule has 2 aliphatic rings. The SMILES string of the molecule is CCCCCCCC1C(c2ccccc2)CC2C=CC=CC21. The molecule has 2 aliphatic carbocycles. The van der Waals surface area contributed by atoms with Gasteiger partial charge in [0.25, 0.3) is 0 Å².